The van der Waals surface area contributed by atoms with Crippen LogP contribution in [-0.4, -0.2) is 47.6 Å². The summed E-state index contributed by atoms with van der Waals surface area (Å²) in [7, 11) is 1.61. The number of aliphatic hydroxyl groups is 1. The Hall–Kier alpha value is -3.26. The SMILES string of the molecule is COc1nc(-n2cccn2)ccc1-c1nc2c(C)cn([C@H]3CCC[C@H](O)C3)c2nc1C. The molecule has 8 heteroatoms. The second-order valence-corrected chi connectivity index (χ2v) is 8.20. The molecule has 4 aromatic rings. The van der Waals surface area contributed by atoms with E-state index in [9.17, 15) is 5.11 Å². The Balaban J connectivity index is 1.60. The number of methoxy groups -OCH3 is 1. The van der Waals surface area contributed by atoms with Crippen molar-refractivity contribution in [3.05, 3.63) is 48.0 Å². The van der Waals surface area contributed by atoms with Crippen LogP contribution in [0.3, 0.4) is 0 Å². The molecule has 0 aliphatic heterocycles. The lowest BCUT2D eigenvalue weighted by molar-refractivity contribution is 0.105. The zero-order valence-electron chi connectivity index (χ0n) is 18.0. The highest BCUT2D eigenvalue weighted by molar-refractivity contribution is 5.81. The number of aryl methyl sites for hydroxylation is 2. The van der Waals surface area contributed by atoms with E-state index >= 15 is 0 Å². The highest BCUT2D eigenvalue weighted by Gasteiger charge is 2.25. The van der Waals surface area contributed by atoms with Crippen molar-refractivity contribution in [3.8, 4) is 23.0 Å². The van der Waals surface area contributed by atoms with E-state index in [1.165, 1.54) is 0 Å². The van der Waals surface area contributed by atoms with E-state index < -0.39 is 0 Å². The first-order valence-electron chi connectivity index (χ1n) is 10.6. The number of fused-ring (bicyclic) bond motifs is 1. The molecule has 1 aliphatic rings. The molecule has 1 fully saturated rings. The van der Waals surface area contributed by atoms with E-state index in [1.54, 1.807) is 18.0 Å². The van der Waals surface area contributed by atoms with Crippen LogP contribution in [0.4, 0.5) is 0 Å². The Morgan fingerprint density at radius 1 is 1.13 bits per heavy atom. The van der Waals surface area contributed by atoms with Crippen LogP contribution in [0.2, 0.25) is 0 Å². The van der Waals surface area contributed by atoms with Gasteiger partial charge in [0.15, 0.2) is 11.5 Å². The molecule has 0 saturated heterocycles. The fourth-order valence-corrected chi connectivity index (χ4v) is 4.51. The molecule has 1 aliphatic carbocycles. The molecule has 1 N–H and O–H groups in total. The number of hydrogen-bond acceptors (Lipinski definition) is 6. The summed E-state index contributed by atoms with van der Waals surface area (Å²) in [5, 5.41) is 14.4. The first kappa shape index (κ1) is 19.7. The van der Waals surface area contributed by atoms with Gasteiger partial charge in [0.2, 0.25) is 5.88 Å². The third-order valence-corrected chi connectivity index (χ3v) is 6.05. The minimum absolute atomic E-state index is 0.242. The molecule has 4 aromatic heterocycles. The van der Waals surface area contributed by atoms with E-state index in [2.05, 4.69) is 27.8 Å². The lowest BCUT2D eigenvalue weighted by atomic mass is 9.93. The normalized spacial score (nSPS) is 19.1. The van der Waals surface area contributed by atoms with E-state index in [0.717, 1.165) is 59.4 Å². The van der Waals surface area contributed by atoms with Crippen LogP contribution in [0.1, 0.15) is 43.0 Å². The molecule has 8 nitrogen and oxygen atoms in total. The van der Waals surface area contributed by atoms with E-state index in [4.69, 9.17) is 14.7 Å². The second kappa shape index (κ2) is 7.77. The second-order valence-electron chi connectivity index (χ2n) is 8.20. The Kier molecular flexibility index (Phi) is 4.94. The fraction of sp³-hybridized carbons (Fsp3) is 0.391. The highest BCUT2D eigenvalue weighted by Crippen LogP contribution is 2.35. The van der Waals surface area contributed by atoms with Crippen molar-refractivity contribution in [2.75, 3.05) is 7.11 Å². The minimum Gasteiger partial charge on any atom is -0.480 e. The Labute approximate surface area is 180 Å². The molecule has 2 atom stereocenters. The number of aliphatic hydroxyl groups excluding tert-OH is 1. The van der Waals surface area contributed by atoms with Gasteiger partial charge >= 0.3 is 0 Å². The van der Waals surface area contributed by atoms with Crippen LogP contribution in [0, 0.1) is 13.8 Å². The largest absolute Gasteiger partial charge is 0.480 e. The van der Waals surface area contributed by atoms with Crippen molar-refractivity contribution >= 4 is 11.2 Å². The van der Waals surface area contributed by atoms with Gasteiger partial charge in [-0.25, -0.2) is 14.6 Å². The fourth-order valence-electron chi connectivity index (χ4n) is 4.51. The van der Waals surface area contributed by atoms with Crippen molar-refractivity contribution < 1.29 is 9.84 Å². The number of hydrogen-bond donors (Lipinski definition) is 1. The summed E-state index contributed by atoms with van der Waals surface area (Å²) in [5.74, 6) is 1.16. The Morgan fingerprint density at radius 3 is 2.74 bits per heavy atom. The van der Waals surface area contributed by atoms with Crippen molar-refractivity contribution in [2.45, 2.75) is 51.7 Å². The predicted octanol–water partition coefficient (Wildman–Crippen LogP) is 3.78. The molecule has 4 heterocycles. The van der Waals surface area contributed by atoms with Gasteiger partial charge in [-0.15, -0.1) is 0 Å². The number of aromatic nitrogens is 6. The van der Waals surface area contributed by atoms with Crippen LogP contribution in [-0.2, 0) is 0 Å². The molecular weight excluding hydrogens is 392 g/mol. The van der Waals surface area contributed by atoms with Crippen molar-refractivity contribution in [1.29, 1.82) is 0 Å². The zero-order valence-corrected chi connectivity index (χ0v) is 18.0. The lowest BCUT2D eigenvalue weighted by Gasteiger charge is -2.27. The number of rotatable bonds is 4. The maximum atomic E-state index is 10.1. The van der Waals surface area contributed by atoms with Crippen LogP contribution in [0.25, 0.3) is 28.2 Å². The van der Waals surface area contributed by atoms with Gasteiger partial charge in [-0.2, -0.15) is 10.1 Å². The molecular formula is C23H26N6O2. The third kappa shape index (κ3) is 3.46. The Bertz CT molecular complexity index is 1230. The summed E-state index contributed by atoms with van der Waals surface area (Å²) in [6, 6.07) is 5.96. The van der Waals surface area contributed by atoms with E-state index in [-0.39, 0.29) is 12.1 Å². The summed E-state index contributed by atoms with van der Waals surface area (Å²) < 4.78 is 9.49. The van der Waals surface area contributed by atoms with Gasteiger partial charge in [-0.1, -0.05) is 0 Å². The molecule has 31 heavy (non-hydrogen) atoms. The van der Waals surface area contributed by atoms with E-state index in [1.807, 2.05) is 31.3 Å². The lowest BCUT2D eigenvalue weighted by Crippen LogP contribution is -2.22. The Morgan fingerprint density at radius 2 is 2.00 bits per heavy atom. The van der Waals surface area contributed by atoms with Crippen molar-refractivity contribution in [1.82, 2.24) is 29.3 Å². The molecule has 0 radical (unpaired) electrons. The average Bonchev–Trinajstić information content (AvgIpc) is 3.41. The molecule has 0 amide bonds. The van der Waals surface area contributed by atoms with Gasteiger partial charge in [0.25, 0.3) is 0 Å². The quantitative estimate of drug-likeness (QED) is 0.542. The maximum absolute atomic E-state index is 10.1. The molecule has 0 aromatic carbocycles. The van der Waals surface area contributed by atoms with Gasteiger partial charge < -0.3 is 14.4 Å². The maximum Gasteiger partial charge on any atom is 0.224 e. The molecule has 0 bridgehead atoms. The van der Waals surface area contributed by atoms with Crippen LogP contribution in [0.15, 0.2) is 36.8 Å². The number of nitrogens with zero attached hydrogens (tertiary/aromatic N) is 6. The molecule has 160 valence electrons. The summed E-state index contributed by atoms with van der Waals surface area (Å²) in [5.41, 5.74) is 5.19. The third-order valence-electron chi connectivity index (χ3n) is 6.05. The van der Waals surface area contributed by atoms with Crippen molar-refractivity contribution in [3.63, 3.8) is 0 Å². The molecule has 0 spiro atoms. The minimum atomic E-state index is -0.242. The first-order valence-corrected chi connectivity index (χ1v) is 10.6. The molecule has 1 saturated carbocycles. The topological polar surface area (TPSA) is 90.9 Å². The molecule has 5 rings (SSSR count). The average molecular weight is 419 g/mol. The van der Waals surface area contributed by atoms with Crippen LogP contribution >= 0.6 is 0 Å². The van der Waals surface area contributed by atoms with Gasteiger partial charge in [0.05, 0.1) is 30.2 Å². The van der Waals surface area contributed by atoms with Crippen LogP contribution < -0.4 is 4.74 Å². The predicted molar refractivity (Wildman–Crippen MR) is 117 cm³/mol. The van der Waals surface area contributed by atoms with Crippen molar-refractivity contribution in [2.24, 2.45) is 0 Å². The molecule has 0 unspecified atom stereocenters. The first-order chi connectivity index (χ1) is 15.0. The van der Waals surface area contributed by atoms with Crippen LogP contribution in [0.5, 0.6) is 5.88 Å². The smallest absolute Gasteiger partial charge is 0.224 e. The van der Waals surface area contributed by atoms with Gasteiger partial charge in [-0.3, -0.25) is 0 Å². The van der Waals surface area contributed by atoms with E-state index in [0.29, 0.717) is 11.7 Å². The summed E-state index contributed by atoms with van der Waals surface area (Å²) in [4.78, 5) is 14.5. The standard InChI is InChI=1S/C23H26N6O2/c1-14-13-28(16-6-4-7-17(30)12-16)22-20(14)27-21(15(2)25-22)18-8-9-19(26-23(18)31-3)29-11-5-10-24-29/h5,8-11,13,16-17,30H,4,6-7,12H2,1-3H3/t16-,17-/m0/s1. The summed E-state index contributed by atoms with van der Waals surface area (Å²) >= 11 is 0. The van der Waals surface area contributed by atoms with Gasteiger partial charge in [0, 0.05) is 24.6 Å². The number of pyridine rings is 1. The summed E-state index contributed by atoms with van der Waals surface area (Å²) in [6.45, 7) is 4.02. The number of ether oxygens (including phenoxy) is 1. The monoisotopic (exact) mass is 418 g/mol. The highest BCUT2D eigenvalue weighted by atomic mass is 16.5. The zero-order chi connectivity index (χ0) is 21.5. The van der Waals surface area contributed by atoms with Gasteiger partial charge in [-0.05, 0) is 63.3 Å². The summed E-state index contributed by atoms with van der Waals surface area (Å²) in [6.07, 6.45) is 9.15. The van der Waals surface area contributed by atoms with Gasteiger partial charge in [0.1, 0.15) is 5.52 Å².